The number of nitrogens with one attached hydrogen (secondary N) is 3. The molecule has 2 amide bonds. The molecule has 2 heterocycles. The normalized spacial score (nSPS) is 24.8. The molecule has 2 aromatic rings. The first-order valence-corrected chi connectivity index (χ1v) is 10.2. The SMILES string of the molecule is COc1ccc(Cl)cc1NC(=O)[C@@H]1C[C@@H](C(C)C)N[C@@]12C(=O)Nc1ccc(F)cc12. The highest BCUT2D eigenvalue weighted by Gasteiger charge is 2.60. The molecular weight excluding hydrogens is 409 g/mol. The molecule has 2 aliphatic rings. The van der Waals surface area contributed by atoms with Crippen LogP contribution in [0.25, 0.3) is 0 Å². The zero-order valence-electron chi connectivity index (χ0n) is 16.9. The summed E-state index contributed by atoms with van der Waals surface area (Å²) in [5.41, 5.74) is 0.0312. The fourth-order valence-corrected chi connectivity index (χ4v) is 4.58. The molecule has 0 saturated carbocycles. The van der Waals surface area contributed by atoms with E-state index in [1.165, 1.54) is 25.3 Å². The minimum Gasteiger partial charge on any atom is -0.495 e. The zero-order valence-corrected chi connectivity index (χ0v) is 17.6. The van der Waals surface area contributed by atoms with E-state index in [0.29, 0.717) is 34.1 Å². The number of benzene rings is 2. The van der Waals surface area contributed by atoms with Crippen molar-refractivity contribution in [2.75, 3.05) is 17.7 Å². The Balaban J connectivity index is 1.76. The van der Waals surface area contributed by atoms with Gasteiger partial charge < -0.3 is 15.4 Å². The van der Waals surface area contributed by atoms with Crippen LogP contribution in [0.5, 0.6) is 5.75 Å². The van der Waals surface area contributed by atoms with Crippen molar-refractivity contribution in [3.8, 4) is 5.75 Å². The minimum atomic E-state index is -1.34. The largest absolute Gasteiger partial charge is 0.495 e. The molecule has 30 heavy (non-hydrogen) atoms. The average molecular weight is 432 g/mol. The summed E-state index contributed by atoms with van der Waals surface area (Å²) in [6.07, 6.45) is 0.426. The third kappa shape index (κ3) is 3.22. The number of methoxy groups -OCH3 is 1. The topological polar surface area (TPSA) is 79.5 Å². The second-order valence-electron chi connectivity index (χ2n) is 8.07. The lowest BCUT2D eigenvalue weighted by molar-refractivity contribution is -0.130. The van der Waals surface area contributed by atoms with E-state index >= 15 is 0 Å². The Morgan fingerprint density at radius 2 is 2.07 bits per heavy atom. The van der Waals surface area contributed by atoms with E-state index in [-0.39, 0.29) is 23.8 Å². The summed E-state index contributed by atoms with van der Waals surface area (Å²) < 4.78 is 19.4. The van der Waals surface area contributed by atoms with Gasteiger partial charge in [-0.3, -0.25) is 14.9 Å². The van der Waals surface area contributed by atoms with Crippen LogP contribution in [0.15, 0.2) is 36.4 Å². The van der Waals surface area contributed by atoms with Gasteiger partial charge in [-0.2, -0.15) is 0 Å². The molecular formula is C22H23ClFN3O3. The quantitative estimate of drug-likeness (QED) is 0.685. The number of anilines is 2. The van der Waals surface area contributed by atoms with Crippen LogP contribution < -0.4 is 20.7 Å². The molecule has 3 N–H and O–H groups in total. The first-order chi connectivity index (χ1) is 14.3. The summed E-state index contributed by atoms with van der Waals surface area (Å²) in [6.45, 7) is 4.04. The van der Waals surface area contributed by atoms with E-state index in [4.69, 9.17) is 16.3 Å². The molecule has 1 fully saturated rings. The second-order valence-corrected chi connectivity index (χ2v) is 8.51. The van der Waals surface area contributed by atoms with Crippen molar-refractivity contribution in [1.29, 1.82) is 0 Å². The van der Waals surface area contributed by atoms with E-state index < -0.39 is 17.3 Å². The third-order valence-corrected chi connectivity index (χ3v) is 6.21. The maximum absolute atomic E-state index is 14.1. The highest BCUT2D eigenvalue weighted by molar-refractivity contribution is 6.31. The molecule has 2 aromatic carbocycles. The molecule has 1 saturated heterocycles. The van der Waals surface area contributed by atoms with E-state index in [2.05, 4.69) is 16.0 Å². The fourth-order valence-electron chi connectivity index (χ4n) is 4.41. The van der Waals surface area contributed by atoms with Crippen molar-refractivity contribution in [2.45, 2.75) is 31.8 Å². The van der Waals surface area contributed by atoms with Crippen molar-refractivity contribution in [3.63, 3.8) is 0 Å². The Labute approximate surface area is 179 Å². The van der Waals surface area contributed by atoms with Gasteiger partial charge in [-0.05, 0) is 48.7 Å². The summed E-state index contributed by atoms with van der Waals surface area (Å²) in [5.74, 6) is -1.31. The van der Waals surface area contributed by atoms with Crippen LogP contribution in [0.2, 0.25) is 5.02 Å². The summed E-state index contributed by atoms with van der Waals surface area (Å²) >= 11 is 6.08. The zero-order chi connectivity index (χ0) is 21.6. The van der Waals surface area contributed by atoms with Gasteiger partial charge in [-0.1, -0.05) is 25.4 Å². The summed E-state index contributed by atoms with van der Waals surface area (Å²) in [6, 6.07) is 8.95. The van der Waals surface area contributed by atoms with Crippen LogP contribution in [0.1, 0.15) is 25.8 Å². The summed E-state index contributed by atoms with van der Waals surface area (Å²) in [4.78, 5) is 26.6. The number of fused-ring (bicyclic) bond motifs is 2. The standard InChI is InChI=1S/C22H23ClFN3O3/c1-11(2)17-10-15(20(28)25-18-8-12(23)4-7-19(18)30-3)22(27-17)14-9-13(24)5-6-16(14)26-21(22)29/h4-9,11,15,17,27H,10H2,1-3H3,(H,25,28)(H,26,29)/t15-,17-,22+/m0/s1. The van der Waals surface area contributed by atoms with Crippen molar-refractivity contribution in [1.82, 2.24) is 5.32 Å². The maximum Gasteiger partial charge on any atom is 0.250 e. The summed E-state index contributed by atoms with van der Waals surface area (Å²) in [5, 5.41) is 9.46. The van der Waals surface area contributed by atoms with Crippen LogP contribution in [0.4, 0.5) is 15.8 Å². The molecule has 0 radical (unpaired) electrons. The Hall–Kier alpha value is -2.64. The Morgan fingerprint density at radius 3 is 2.77 bits per heavy atom. The van der Waals surface area contributed by atoms with Gasteiger partial charge in [-0.15, -0.1) is 0 Å². The fraction of sp³-hybridized carbons (Fsp3) is 0.364. The molecule has 158 valence electrons. The number of amides is 2. The van der Waals surface area contributed by atoms with Gasteiger partial charge >= 0.3 is 0 Å². The van der Waals surface area contributed by atoms with Gasteiger partial charge in [0.1, 0.15) is 17.1 Å². The minimum absolute atomic E-state index is 0.0954. The van der Waals surface area contributed by atoms with E-state index in [1.54, 1.807) is 18.2 Å². The molecule has 0 aliphatic carbocycles. The van der Waals surface area contributed by atoms with Crippen molar-refractivity contribution < 1.29 is 18.7 Å². The van der Waals surface area contributed by atoms with Crippen LogP contribution in [0.3, 0.4) is 0 Å². The number of hydrogen-bond acceptors (Lipinski definition) is 4. The highest BCUT2D eigenvalue weighted by atomic mass is 35.5. The molecule has 2 aliphatic heterocycles. The predicted molar refractivity (Wildman–Crippen MR) is 113 cm³/mol. The van der Waals surface area contributed by atoms with Crippen molar-refractivity contribution in [2.24, 2.45) is 11.8 Å². The van der Waals surface area contributed by atoms with Gasteiger partial charge in [0.05, 0.1) is 18.7 Å². The van der Waals surface area contributed by atoms with E-state index in [9.17, 15) is 14.0 Å². The van der Waals surface area contributed by atoms with Crippen molar-refractivity contribution >= 4 is 34.8 Å². The number of rotatable bonds is 4. The molecule has 0 unspecified atom stereocenters. The maximum atomic E-state index is 14.1. The smallest absolute Gasteiger partial charge is 0.250 e. The Bertz CT molecular complexity index is 1030. The molecule has 3 atom stereocenters. The van der Waals surface area contributed by atoms with Crippen LogP contribution in [-0.2, 0) is 15.1 Å². The third-order valence-electron chi connectivity index (χ3n) is 5.98. The molecule has 0 aromatic heterocycles. The average Bonchev–Trinajstić information content (AvgIpc) is 3.23. The first kappa shape index (κ1) is 20.6. The summed E-state index contributed by atoms with van der Waals surface area (Å²) in [7, 11) is 1.50. The second kappa shape index (κ2) is 7.56. The molecule has 4 rings (SSSR count). The van der Waals surface area contributed by atoms with Gasteiger partial charge in [0, 0.05) is 22.3 Å². The van der Waals surface area contributed by atoms with Gasteiger partial charge in [0.2, 0.25) is 11.8 Å². The molecule has 6 nitrogen and oxygen atoms in total. The Morgan fingerprint density at radius 1 is 1.30 bits per heavy atom. The molecule has 1 spiro atoms. The number of halogens is 2. The predicted octanol–water partition coefficient (Wildman–Crippen LogP) is 3.91. The molecule has 0 bridgehead atoms. The number of carbonyl (C=O) groups is 2. The van der Waals surface area contributed by atoms with E-state index in [1.807, 2.05) is 13.8 Å². The molecule has 8 heteroatoms. The monoisotopic (exact) mass is 431 g/mol. The van der Waals surface area contributed by atoms with Crippen LogP contribution in [0, 0.1) is 17.7 Å². The van der Waals surface area contributed by atoms with Gasteiger partial charge in [0.15, 0.2) is 0 Å². The number of carbonyl (C=O) groups excluding carboxylic acids is 2. The number of ether oxygens (including phenoxy) is 1. The first-order valence-electron chi connectivity index (χ1n) is 9.80. The Kier molecular flexibility index (Phi) is 5.20. The highest BCUT2D eigenvalue weighted by Crippen LogP contribution is 2.48. The lowest BCUT2D eigenvalue weighted by Gasteiger charge is -2.29. The van der Waals surface area contributed by atoms with Gasteiger partial charge in [0.25, 0.3) is 0 Å². The van der Waals surface area contributed by atoms with Crippen LogP contribution >= 0.6 is 11.6 Å². The van der Waals surface area contributed by atoms with Gasteiger partial charge in [-0.25, -0.2) is 4.39 Å². The van der Waals surface area contributed by atoms with Crippen LogP contribution in [-0.4, -0.2) is 25.0 Å². The van der Waals surface area contributed by atoms with E-state index in [0.717, 1.165) is 0 Å². The lowest BCUT2D eigenvalue weighted by atomic mass is 9.79. The lowest BCUT2D eigenvalue weighted by Crippen LogP contribution is -2.52. The number of hydrogen-bond donors (Lipinski definition) is 3. The van der Waals surface area contributed by atoms with Crippen molar-refractivity contribution in [3.05, 3.63) is 52.8 Å².